The number of rotatable bonds is 2. The van der Waals surface area contributed by atoms with Crippen molar-refractivity contribution in [2.24, 2.45) is 0 Å². The molecular weight excluding hydrogens is 176 g/mol. The molecule has 0 N–H and O–H groups in total. The van der Waals surface area contributed by atoms with Crippen molar-refractivity contribution in [1.29, 1.82) is 0 Å². The number of allylic oxidation sites excluding steroid dienone is 5. The van der Waals surface area contributed by atoms with Crippen molar-refractivity contribution >= 4 is 10.1 Å². The molecule has 0 spiro atoms. The second kappa shape index (κ2) is 3.69. The van der Waals surface area contributed by atoms with Crippen molar-refractivity contribution in [3.63, 3.8) is 0 Å². The molecule has 0 atom stereocenters. The summed E-state index contributed by atoms with van der Waals surface area (Å²) in [6.45, 7) is 0. The SMILES string of the molecule is COS(=O)(=O)C1=CCC=CC=C1. The minimum Gasteiger partial charge on any atom is -0.270 e. The maximum atomic E-state index is 11.1. The molecule has 12 heavy (non-hydrogen) atoms. The summed E-state index contributed by atoms with van der Waals surface area (Å²) in [5.41, 5.74) is 0. The largest absolute Gasteiger partial charge is 0.296 e. The lowest BCUT2D eigenvalue weighted by atomic mass is 10.4. The maximum absolute atomic E-state index is 11.1. The van der Waals surface area contributed by atoms with Gasteiger partial charge in [-0.25, -0.2) is 0 Å². The molecule has 0 aromatic carbocycles. The van der Waals surface area contributed by atoms with Crippen LogP contribution in [0.1, 0.15) is 6.42 Å². The second-order valence-corrected chi connectivity index (χ2v) is 3.96. The van der Waals surface area contributed by atoms with Crippen LogP contribution in [-0.2, 0) is 14.3 Å². The normalized spacial score (nSPS) is 17.2. The van der Waals surface area contributed by atoms with Crippen molar-refractivity contribution in [2.75, 3.05) is 7.11 Å². The fraction of sp³-hybridized carbons (Fsp3) is 0.250. The molecular formula is C8H10O3S. The second-order valence-electron chi connectivity index (χ2n) is 2.25. The first-order valence-electron chi connectivity index (χ1n) is 3.51. The first kappa shape index (κ1) is 9.22. The van der Waals surface area contributed by atoms with Gasteiger partial charge in [-0.15, -0.1) is 0 Å². The van der Waals surface area contributed by atoms with Crippen molar-refractivity contribution in [1.82, 2.24) is 0 Å². The molecule has 0 saturated heterocycles. The molecule has 66 valence electrons. The average molecular weight is 186 g/mol. The highest BCUT2D eigenvalue weighted by Gasteiger charge is 2.13. The molecule has 0 fully saturated rings. The van der Waals surface area contributed by atoms with Crippen LogP contribution >= 0.6 is 0 Å². The molecule has 1 rings (SSSR count). The summed E-state index contributed by atoms with van der Waals surface area (Å²) >= 11 is 0. The van der Waals surface area contributed by atoms with Crippen LogP contribution < -0.4 is 0 Å². The summed E-state index contributed by atoms with van der Waals surface area (Å²) in [7, 11) is -2.36. The molecule has 3 nitrogen and oxygen atoms in total. The predicted octanol–water partition coefficient (Wildman–Crippen LogP) is 1.36. The fourth-order valence-corrected chi connectivity index (χ4v) is 1.58. The van der Waals surface area contributed by atoms with Crippen LogP contribution in [0, 0.1) is 0 Å². The van der Waals surface area contributed by atoms with Gasteiger partial charge < -0.3 is 0 Å². The van der Waals surface area contributed by atoms with Crippen LogP contribution in [0.4, 0.5) is 0 Å². The Morgan fingerprint density at radius 3 is 2.83 bits per heavy atom. The summed E-state index contributed by atoms with van der Waals surface area (Å²) in [6, 6.07) is 0. The molecule has 1 aliphatic rings. The summed E-state index contributed by atoms with van der Waals surface area (Å²) in [4.78, 5) is 0.218. The molecule has 1 aliphatic carbocycles. The topological polar surface area (TPSA) is 43.4 Å². The third-order valence-corrected chi connectivity index (χ3v) is 2.79. The highest BCUT2D eigenvalue weighted by Crippen LogP contribution is 2.13. The highest BCUT2D eigenvalue weighted by molar-refractivity contribution is 7.90. The summed E-state index contributed by atoms with van der Waals surface area (Å²) in [5, 5.41) is 0. The van der Waals surface area contributed by atoms with E-state index in [4.69, 9.17) is 0 Å². The van der Waals surface area contributed by atoms with Gasteiger partial charge in [-0.3, -0.25) is 4.18 Å². The van der Waals surface area contributed by atoms with E-state index in [1.54, 1.807) is 18.2 Å². The van der Waals surface area contributed by atoms with E-state index in [1.165, 1.54) is 6.08 Å². The summed E-state index contributed by atoms with van der Waals surface area (Å²) in [6.07, 6.45) is 9.09. The molecule has 0 saturated carbocycles. The van der Waals surface area contributed by atoms with Gasteiger partial charge >= 0.3 is 0 Å². The molecule has 0 unspecified atom stereocenters. The van der Waals surface area contributed by atoms with Crippen LogP contribution in [0.5, 0.6) is 0 Å². The molecule has 0 aromatic heterocycles. The molecule has 0 amide bonds. The standard InChI is InChI=1S/C8H10O3S/c1-11-12(9,10)8-6-4-2-3-5-7-8/h2-4,6-7H,5H2,1H3. The highest BCUT2D eigenvalue weighted by atomic mass is 32.2. The Bertz CT molecular complexity index is 333. The molecule has 0 aliphatic heterocycles. The van der Waals surface area contributed by atoms with Crippen LogP contribution in [0.3, 0.4) is 0 Å². The van der Waals surface area contributed by atoms with Gasteiger partial charge in [0.2, 0.25) is 0 Å². The molecule has 0 aromatic rings. The van der Waals surface area contributed by atoms with Crippen molar-refractivity contribution in [3.8, 4) is 0 Å². The van der Waals surface area contributed by atoms with Crippen LogP contribution in [0.2, 0.25) is 0 Å². The average Bonchev–Trinajstić information content (AvgIpc) is 2.32. The van der Waals surface area contributed by atoms with Crippen molar-refractivity contribution in [3.05, 3.63) is 35.3 Å². The van der Waals surface area contributed by atoms with E-state index in [0.717, 1.165) is 7.11 Å². The van der Waals surface area contributed by atoms with Gasteiger partial charge in [0.15, 0.2) is 0 Å². The Labute approximate surface area is 72.2 Å². The lowest BCUT2D eigenvalue weighted by Gasteiger charge is -1.99. The fourth-order valence-electron chi connectivity index (χ4n) is 0.841. The van der Waals surface area contributed by atoms with Crippen LogP contribution in [-0.4, -0.2) is 15.5 Å². The van der Waals surface area contributed by atoms with Gasteiger partial charge in [0.25, 0.3) is 10.1 Å². The Morgan fingerprint density at radius 2 is 2.17 bits per heavy atom. The van der Waals surface area contributed by atoms with Gasteiger partial charge in [0.1, 0.15) is 0 Å². The first-order valence-corrected chi connectivity index (χ1v) is 4.91. The summed E-state index contributed by atoms with van der Waals surface area (Å²) in [5.74, 6) is 0. The van der Waals surface area contributed by atoms with E-state index in [0.29, 0.717) is 6.42 Å². The predicted molar refractivity (Wildman–Crippen MR) is 46.9 cm³/mol. The Hall–Kier alpha value is -0.870. The summed E-state index contributed by atoms with van der Waals surface area (Å²) < 4.78 is 26.6. The lowest BCUT2D eigenvalue weighted by Crippen LogP contribution is -2.03. The third-order valence-electron chi connectivity index (χ3n) is 1.47. The zero-order valence-corrected chi connectivity index (χ0v) is 7.54. The van der Waals surface area contributed by atoms with E-state index < -0.39 is 10.1 Å². The van der Waals surface area contributed by atoms with E-state index in [-0.39, 0.29) is 4.91 Å². The van der Waals surface area contributed by atoms with E-state index in [9.17, 15) is 8.42 Å². The minimum atomic E-state index is -3.51. The van der Waals surface area contributed by atoms with Gasteiger partial charge in [0.05, 0.1) is 12.0 Å². The monoisotopic (exact) mass is 186 g/mol. The molecule has 4 heteroatoms. The van der Waals surface area contributed by atoms with Crippen LogP contribution in [0.25, 0.3) is 0 Å². The van der Waals surface area contributed by atoms with Gasteiger partial charge in [-0.05, 0) is 12.5 Å². The minimum absolute atomic E-state index is 0.218. The van der Waals surface area contributed by atoms with Crippen molar-refractivity contribution in [2.45, 2.75) is 6.42 Å². The van der Waals surface area contributed by atoms with E-state index in [1.807, 2.05) is 6.08 Å². The maximum Gasteiger partial charge on any atom is 0.296 e. The molecule has 0 heterocycles. The lowest BCUT2D eigenvalue weighted by molar-refractivity contribution is 0.404. The first-order chi connectivity index (χ1) is 5.67. The van der Waals surface area contributed by atoms with Crippen molar-refractivity contribution < 1.29 is 12.6 Å². The number of hydrogen-bond donors (Lipinski definition) is 0. The number of hydrogen-bond acceptors (Lipinski definition) is 3. The Kier molecular flexibility index (Phi) is 2.83. The van der Waals surface area contributed by atoms with E-state index in [2.05, 4.69) is 4.18 Å². The molecule has 0 bridgehead atoms. The zero-order valence-electron chi connectivity index (χ0n) is 6.73. The zero-order chi connectivity index (χ0) is 9.03. The van der Waals surface area contributed by atoms with Gasteiger partial charge in [0, 0.05) is 0 Å². The third kappa shape index (κ3) is 2.06. The Balaban J connectivity index is 2.98. The van der Waals surface area contributed by atoms with Gasteiger partial charge in [-0.1, -0.05) is 24.3 Å². The Morgan fingerprint density at radius 1 is 1.42 bits per heavy atom. The quantitative estimate of drug-likeness (QED) is 0.611. The van der Waals surface area contributed by atoms with Crippen LogP contribution in [0.15, 0.2) is 35.3 Å². The molecule has 0 radical (unpaired) electrons. The smallest absolute Gasteiger partial charge is 0.270 e. The van der Waals surface area contributed by atoms with E-state index >= 15 is 0 Å². The van der Waals surface area contributed by atoms with Gasteiger partial charge in [-0.2, -0.15) is 8.42 Å².